The van der Waals surface area contributed by atoms with Crippen LogP contribution < -0.4 is 14.4 Å². The van der Waals surface area contributed by atoms with Gasteiger partial charge in [-0.3, -0.25) is 9.69 Å². The summed E-state index contributed by atoms with van der Waals surface area (Å²) in [5.41, 5.74) is 1.69. The first-order valence-electron chi connectivity index (χ1n) is 9.36. The predicted molar refractivity (Wildman–Crippen MR) is 113 cm³/mol. The molecule has 2 aliphatic rings. The number of methoxy groups -OCH3 is 2. The molecule has 4 rings (SSSR count). The van der Waals surface area contributed by atoms with Crippen LogP contribution in [0.25, 0.3) is 0 Å². The highest BCUT2D eigenvalue weighted by molar-refractivity contribution is 8.03. The molecule has 2 aromatic carbocycles. The number of thioether (sulfide) groups is 1. The molecule has 0 saturated carbocycles. The molecule has 0 spiro atoms. The van der Waals surface area contributed by atoms with E-state index in [0.717, 1.165) is 5.56 Å². The predicted octanol–water partition coefficient (Wildman–Crippen LogP) is 4.06. The molecule has 154 valence electrons. The fraction of sp³-hybridized carbons (Fsp3) is 0.273. The minimum absolute atomic E-state index is 0.118. The molecular formula is C22H20FN3O3S. The highest BCUT2D eigenvalue weighted by atomic mass is 32.2. The third kappa shape index (κ3) is 3.35. The van der Waals surface area contributed by atoms with Gasteiger partial charge in [0.1, 0.15) is 5.82 Å². The van der Waals surface area contributed by atoms with E-state index in [1.54, 1.807) is 48.3 Å². The average Bonchev–Trinajstić information content (AvgIpc) is 2.78. The van der Waals surface area contributed by atoms with E-state index in [9.17, 15) is 14.4 Å². The lowest BCUT2D eigenvalue weighted by atomic mass is 9.85. The van der Waals surface area contributed by atoms with Gasteiger partial charge >= 0.3 is 0 Å². The van der Waals surface area contributed by atoms with E-state index in [0.29, 0.717) is 33.7 Å². The van der Waals surface area contributed by atoms with Crippen molar-refractivity contribution in [1.82, 2.24) is 4.90 Å². The molecule has 2 aliphatic heterocycles. The average molecular weight is 425 g/mol. The van der Waals surface area contributed by atoms with Crippen molar-refractivity contribution >= 4 is 23.4 Å². The molecule has 1 amide bonds. The maximum Gasteiger partial charge on any atom is 0.229 e. The van der Waals surface area contributed by atoms with Gasteiger partial charge in [-0.1, -0.05) is 36.0 Å². The second kappa shape index (κ2) is 8.28. The first-order valence-corrected chi connectivity index (χ1v) is 10.3. The third-order valence-electron chi connectivity index (χ3n) is 5.30. The normalized spacial score (nSPS) is 18.7. The Hall–Kier alpha value is -3.18. The number of amides is 1. The molecule has 0 radical (unpaired) electrons. The zero-order valence-corrected chi connectivity index (χ0v) is 17.4. The van der Waals surface area contributed by atoms with Crippen LogP contribution in [-0.2, 0) is 4.79 Å². The van der Waals surface area contributed by atoms with Gasteiger partial charge in [-0.2, -0.15) is 5.26 Å². The van der Waals surface area contributed by atoms with Crippen molar-refractivity contribution in [3.8, 4) is 17.6 Å². The number of hydrogen-bond acceptors (Lipinski definition) is 6. The first-order chi connectivity index (χ1) is 14.6. The Kier molecular flexibility index (Phi) is 5.55. The zero-order valence-electron chi connectivity index (χ0n) is 16.6. The Balaban J connectivity index is 1.72. The van der Waals surface area contributed by atoms with Gasteiger partial charge in [0, 0.05) is 17.9 Å². The van der Waals surface area contributed by atoms with Gasteiger partial charge in [0.2, 0.25) is 5.91 Å². The Morgan fingerprint density at radius 1 is 1.17 bits per heavy atom. The minimum atomic E-state index is -0.425. The van der Waals surface area contributed by atoms with Crippen molar-refractivity contribution in [3.05, 3.63) is 64.4 Å². The summed E-state index contributed by atoms with van der Waals surface area (Å²) >= 11 is 1.37. The summed E-state index contributed by atoms with van der Waals surface area (Å²) in [6.45, 7) is 0.204. The van der Waals surface area contributed by atoms with Crippen LogP contribution in [0.15, 0.2) is 53.1 Å². The van der Waals surface area contributed by atoms with Gasteiger partial charge in [0.25, 0.3) is 0 Å². The standard InChI is InChI=1S/C22H20FN3O3S/c1-28-19-9-5-6-14(21(19)29-2)15-10-20(27)26-12-25(13-30-22(26)16(15)11-24)18-8-4-3-7-17(18)23/h3-9,15H,10,12-13H2,1-2H3/t15-/m0/s1. The van der Waals surface area contributed by atoms with Crippen LogP contribution in [0.3, 0.4) is 0 Å². The van der Waals surface area contributed by atoms with Crippen molar-refractivity contribution in [1.29, 1.82) is 5.26 Å². The summed E-state index contributed by atoms with van der Waals surface area (Å²) in [6, 6.07) is 14.2. The molecule has 30 heavy (non-hydrogen) atoms. The van der Waals surface area contributed by atoms with Gasteiger partial charge in [-0.15, -0.1) is 0 Å². The molecule has 0 N–H and O–H groups in total. The number of carbonyl (C=O) groups is 1. The smallest absolute Gasteiger partial charge is 0.229 e. The van der Waals surface area contributed by atoms with E-state index < -0.39 is 5.92 Å². The van der Waals surface area contributed by atoms with Gasteiger partial charge in [-0.05, 0) is 18.2 Å². The van der Waals surface area contributed by atoms with Crippen molar-refractivity contribution in [3.63, 3.8) is 0 Å². The highest BCUT2D eigenvalue weighted by Crippen LogP contribution is 2.47. The van der Waals surface area contributed by atoms with Crippen molar-refractivity contribution in [2.75, 3.05) is 31.7 Å². The summed E-state index contributed by atoms with van der Waals surface area (Å²) in [5.74, 6) is 0.628. The summed E-state index contributed by atoms with van der Waals surface area (Å²) < 4.78 is 25.1. The molecule has 0 aromatic heterocycles. The van der Waals surface area contributed by atoms with Gasteiger partial charge in [-0.25, -0.2) is 4.39 Å². The fourth-order valence-electron chi connectivity index (χ4n) is 3.88. The number of para-hydroxylation sites is 2. The maximum absolute atomic E-state index is 14.2. The summed E-state index contributed by atoms with van der Waals surface area (Å²) in [7, 11) is 3.09. The molecule has 8 heteroatoms. The van der Waals surface area contributed by atoms with Crippen LogP contribution in [0.1, 0.15) is 17.9 Å². The zero-order chi connectivity index (χ0) is 21.3. The first kappa shape index (κ1) is 20.1. The Morgan fingerprint density at radius 3 is 2.67 bits per heavy atom. The van der Waals surface area contributed by atoms with Gasteiger partial charge in [0.15, 0.2) is 11.5 Å². The number of rotatable bonds is 4. The highest BCUT2D eigenvalue weighted by Gasteiger charge is 2.40. The van der Waals surface area contributed by atoms with Crippen LogP contribution in [0.2, 0.25) is 0 Å². The number of benzene rings is 2. The lowest BCUT2D eigenvalue weighted by Gasteiger charge is -2.42. The number of halogens is 1. The number of nitrogens with zero attached hydrogens (tertiary/aromatic N) is 3. The van der Waals surface area contributed by atoms with E-state index in [-0.39, 0.29) is 24.8 Å². The molecule has 0 unspecified atom stereocenters. The second-order valence-corrected chi connectivity index (χ2v) is 7.83. The maximum atomic E-state index is 14.2. The summed E-state index contributed by atoms with van der Waals surface area (Å²) in [4.78, 5) is 16.4. The third-order valence-corrected chi connectivity index (χ3v) is 6.45. The molecule has 2 heterocycles. The van der Waals surface area contributed by atoms with Crippen LogP contribution in [0.4, 0.5) is 10.1 Å². The van der Waals surface area contributed by atoms with Gasteiger partial charge < -0.3 is 14.4 Å². The van der Waals surface area contributed by atoms with Crippen molar-refractivity contribution in [2.45, 2.75) is 12.3 Å². The summed E-state index contributed by atoms with van der Waals surface area (Å²) in [6.07, 6.45) is 0.127. The second-order valence-electron chi connectivity index (χ2n) is 6.90. The van der Waals surface area contributed by atoms with E-state index in [1.807, 2.05) is 12.1 Å². The molecule has 0 aliphatic carbocycles. The van der Waals surface area contributed by atoms with E-state index >= 15 is 0 Å². The van der Waals surface area contributed by atoms with Crippen molar-refractivity contribution in [2.24, 2.45) is 0 Å². The van der Waals surface area contributed by atoms with E-state index in [1.165, 1.54) is 17.8 Å². The lowest BCUT2D eigenvalue weighted by molar-refractivity contribution is -0.129. The van der Waals surface area contributed by atoms with Crippen LogP contribution >= 0.6 is 11.8 Å². The number of ether oxygens (including phenoxy) is 2. The van der Waals surface area contributed by atoms with Crippen LogP contribution in [-0.4, -0.2) is 37.6 Å². The molecule has 1 saturated heterocycles. The van der Waals surface area contributed by atoms with Crippen LogP contribution in [0, 0.1) is 17.1 Å². The van der Waals surface area contributed by atoms with Crippen LogP contribution in [0.5, 0.6) is 11.5 Å². The number of hydrogen-bond donors (Lipinski definition) is 0. The quantitative estimate of drug-likeness (QED) is 0.736. The number of allylic oxidation sites excluding steroid dienone is 1. The molecular weight excluding hydrogens is 405 g/mol. The molecule has 1 fully saturated rings. The van der Waals surface area contributed by atoms with Gasteiger partial charge in [0.05, 0.1) is 49.1 Å². The number of anilines is 1. The lowest BCUT2D eigenvalue weighted by Crippen LogP contribution is -2.47. The largest absolute Gasteiger partial charge is 0.493 e. The number of nitriles is 1. The summed E-state index contributed by atoms with van der Waals surface area (Å²) in [5, 5.41) is 10.6. The van der Waals surface area contributed by atoms with E-state index in [4.69, 9.17) is 9.47 Å². The number of fused-ring (bicyclic) bond motifs is 1. The topological polar surface area (TPSA) is 65.8 Å². The monoisotopic (exact) mass is 425 g/mol. The number of carbonyl (C=O) groups excluding carboxylic acids is 1. The van der Waals surface area contributed by atoms with E-state index in [2.05, 4.69) is 6.07 Å². The Morgan fingerprint density at radius 2 is 1.97 bits per heavy atom. The molecule has 6 nitrogen and oxygen atoms in total. The molecule has 0 bridgehead atoms. The molecule has 1 atom stereocenters. The fourth-order valence-corrected chi connectivity index (χ4v) is 5.03. The molecule has 2 aromatic rings. The van der Waals surface area contributed by atoms with Crippen molar-refractivity contribution < 1.29 is 18.7 Å². The Labute approximate surface area is 178 Å². The minimum Gasteiger partial charge on any atom is -0.493 e. The Bertz CT molecular complexity index is 1070. The SMILES string of the molecule is COc1cccc([C@@H]2CC(=O)N3CN(c4ccccc4F)CSC3=C2C#N)c1OC.